The van der Waals surface area contributed by atoms with Crippen LogP contribution in [0.2, 0.25) is 0 Å². The lowest BCUT2D eigenvalue weighted by Crippen LogP contribution is -2.11. The highest BCUT2D eigenvalue weighted by molar-refractivity contribution is 5.91. The molecule has 3 heteroatoms. The van der Waals surface area contributed by atoms with Crippen LogP contribution in [-0.2, 0) is 12.8 Å². The smallest absolute Gasteiger partial charge is 0.339 e. The molecule has 0 radical (unpaired) electrons. The first-order chi connectivity index (χ1) is 14.5. The van der Waals surface area contributed by atoms with Crippen LogP contribution in [0.1, 0.15) is 77.2 Å². The second-order valence-electron chi connectivity index (χ2n) is 7.84. The third-order valence-electron chi connectivity index (χ3n) is 6.04. The van der Waals surface area contributed by atoms with Crippen LogP contribution in [0.5, 0.6) is 5.75 Å². The Morgan fingerprint density at radius 2 is 1.33 bits per heavy atom. The Bertz CT molecular complexity index is 1020. The minimum Gasteiger partial charge on any atom is -0.507 e. The number of aromatic carboxylic acids is 1. The van der Waals surface area contributed by atoms with E-state index < -0.39 is 5.97 Å². The van der Waals surface area contributed by atoms with Gasteiger partial charge in [0.25, 0.3) is 0 Å². The van der Waals surface area contributed by atoms with E-state index in [0.29, 0.717) is 5.56 Å². The SMILES string of the molecule is CCc1ccccc1C(C)CC(c1ccccc1CC)c1cccc(C(=O)O)c1O. The summed E-state index contributed by atoms with van der Waals surface area (Å²) in [6.07, 6.45) is 2.63. The van der Waals surface area contributed by atoms with Gasteiger partial charge in [0.05, 0.1) is 0 Å². The molecule has 3 aromatic rings. The van der Waals surface area contributed by atoms with Crippen LogP contribution in [0.3, 0.4) is 0 Å². The van der Waals surface area contributed by atoms with Crippen molar-refractivity contribution in [2.24, 2.45) is 0 Å². The van der Waals surface area contributed by atoms with Crippen LogP contribution < -0.4 is 0 Å². The predicted molar refractivity (Wildman–Crippen MR) is 122 cm³/mol. The summed E-state index contributed by atoms with van der Waals surface area (Å²) in [5.41, 5.74) is 5.64. The molecule has 30 heavy (non-hydrogen) atoms. The fraction of sp³-hybridized carbons (Fsp3) is 0.296. The Hall–Kier alpha value is -3.07. The highest BCUT2D eigenvalue weighted by Crippen LogP contribution is 2.41. The van der Waals surface area contributed by atoms with Crippen molar-refractivity contribution in [2.75, 3.05) is 0 Å². The lowest BCUT2D eigenvalue weighted by molar-refractivity contribution is 0.0693. The number of aryl methyl sites for hydroxylation is 2. The van der Waals surface area contributed by atoms with E-state index in [1.54, 1.807) is 6.07 Å². The van der Waals surface area contributed by atoms with Crippen molar-refractivity contribution in [2.45, 2.75) is 51.9 Å². The van der Waals surface area contributed by atoms with Gasteiger partial charge < -0.3 is 10.2 Å². The number of rotatable bonds is 8. The topological polar surface area (TPSA) is 57.5 Å². The molecule has 0 amide bonds. The molecule has 0 aliphatic carbocycles. The molecule has 0 spiro atoms. The molecule has 3 rings (SSSR count). The molecule has 0 bridgehead atoms. The van der Waals surface area contributed by atoms with Crippen molar-refractivity contribution >= 4 is 5.97 Å². The molecule has 3 aromatic carbocycles. The number of carboxylic acids is 1. The first-order valence-corrected chi connectivity index (χ1v) is 10.7. The van der Waals surface area contributed by atoms with Gasteiger partial charge in [0.1, 0.15) is 11.3 Å². The Morgan fingerprint density at radius 1 is 0.800 bits per heavy atom. The van der Waals surface area contributed by atoms with E-state index >= 15 is 0 Å². The van der Waals surface area contributed by atoms with E-state index in [1.807, 2.05) is 18.2 Å². The van der Waals surface area contributed by atoms with Gasteiger partial charge in [-0.3, -0.25) is 0 Å². The summed E-state index contributed by atoms with van der Waals surface area (Å²) < 4.78 is 0. The van der Waals surface area contributed by atoms with Crippen LogP contribution in [0.15, 0.2) is 66.7 Å². The van der Waals surface area contributed by atoms with E-state index in [4.69, 9.17) is 0 Å². The fourth-order valence-electron chi connectivity index (χ4n) is 4.45. The molecule has 0 aliphatic rings. The molecule has 0 aliphatic heterocycles. The summed E-state index contributed by atoms with van der Waals surface area (Å²) in [5.74, 6) is -1.08. The molecule has 3 nitrogen and oxygen atoms in total. The van der Waals surface area contributed by atoms with Gasteiger partial charge in [-0.1, -0.05) is 81.4 Å². The average molecular weight is 403 g/mol. The normalized spacial score (nSPS) is 13.0. The molecule has 2 atom stereocenters. The van der Waals surface area contributed by atoms with Crippen molar-refractivity contribution < 1.29 is 15.0 Å². The van der Waals surface area contributed by atoms with Gasteiger partial charge in [-0.15, -0.1) is 0 Å². The van der Waals surface area contributed by atoms with E-state index in [1.165, 1.54) is 22.8 Å². The Labute approximate surface area is 179 Å². The number of hydrogen-bond donors (Lipinski definition) is 2. The molecule has 0 aromatic heterocycles. The van der Waals surface area contributed by atoms with Crippen LogP contribution in [-0.4, -0.2) is 16.2 Å². The summed E-state index contributed by atoms with van der Waals surface area (Å²) >= 11 is 0. The number of carboxylic acid groups (broad SMARTS) is 1. The largest absolute Gasteiger partial charge is 0.507 e. The minimum atomic E-state index is -1.11. The van der Waals surface area contributed by atoms with Gasteiger partial charge in [-0.25, -0.2) is 4.79 Å². The van der Waals surface area contributed by atoms with E-state index in [9.17, 15) is 15.0 Å². The minimum absolute atomic E-state index is 0.0481. The van der Waals surface area contributed by atoms with Gasteiger partial charge in [-0.05, 0) is 53.5 Å². The zero-order valence-corrected chi connectivity index (χ0v) is 17.9. The van der Waals surface area contributed by atoms with Crippen LogP contribution in [0, 0.1) is 0 Å². The molecule has 2 unspecified atom stereocenters. The highest BCUT2D eigenvalue weighted by Gasteiger charge is 2.26. The standard InChI is InChI=1S/C27H30O3/c1-4-19-11-6-8-13-21(19)18(3)17-25(22-14-9-7-12-20(22)5-2)23-15-10-16-24(26(23)28)27(29)30/h6-16,18,25,28H,4-5,17H2,1-3H3,(H,29,30). The molecular weight excluding hydrogens is 372 g/mol. The van der Waals surface area contributed by atoms with E-state index in [2.05, 4.69) is 57.2 Å². The number of aromatic hydroxyl groups is 1. The van der Waals surface area contributed by atoms with Gasteiger partial charge in [0, 0.05) is 11.5 Å². The fourth-order valence-corrected chi connectivity index (χ4v) is 4.45. The number of para-hydroxylation sites is 1. The van der Waals surface area contributed by atoms with Crippen molar-refractivity contribution in [3.8, 4) is 5.75 Å². The van der Waals surface area contributed by atoms with Crippen molar-refractivity contribution in [3.63, 3.8) is 0 Å². The average Bonchev–Trinajstić information content (AvgIpc) is 2.77. The lowest BCUT2D eigenvalue weighted by atomic mass is 9.78. The second kappa shape index (κ2) is 9.62. The zero-order valence-electron chi connectivity index (χ0n) is 17.9. The summed E-state index contributed by atoms with van der Waals surface area (Å²) in [5, 5.41) is 20.4. The molecule has 0 saturated carbocycles. The lowest BCUT2D eigenvalue weighted by Gasteiger charge is -2.26. The molecule has 0 saturated heterocycles. The van der Waals surface area contributed by atoms with Gasteiger partial charge in [0.15, 0.2) is 0 Å². The summed E-state index contributed by atoms with van der Waals surface area (Å²) in [6.45, 7) is 6.50. The van der Waals surface area contributed by atoms with Crippen LogP contribution in [0.4, 0.5) is 0 Å². The van der Waals surface area contributed by atoms with Gasteiger partial charge in [-0.2, -0.15) is 0 Å². The summed E-state index contributed by atoms with van der Waals surface area (Å²) in [6, 6.07) is 21.8. The third kappa shape index (κ3) is 4.40. The predicted octanol–water partition coefficient (Wildman–Crippen LogP) is 6.54. The molecule has 156 valence electrons. The Morgan fingerprint density at radius 3 is 1.93 bits per heavy atom. The maximum Gasteiger partial charge on any atom is 0.339 e. The van der Waals surface area contributed by atoms with Gasteiger partial charge in [0.2, 0.25) is 0 Å². The molecular formula is C27H30O3. The monoisotopic (exact) mass is 402 g/mol. The van der Waals surface area contributed by atoms with Crippen molar-refractivity contribution in [1.82, 2.24) is 0 Å². The Balaban J connectivity index is 2.12. The van der Waals surface area contributed by atoms with E-state index in [-0.39, 0.29) is 23.1 Å². The van der Waals surface area contributed by atoms with Crippen molar-refractivity contribution in [1.29, 1.82) is 0 Å². The van der Waals surface area contributed by atoms with Crippen LogP contribution in [0.25, 0.3) is 0 Å². The summed E-state index contributed by atoms with van der Waals surface area (Å²) in [4.78, 5) is 11.6. The van der Waals surface area contributed by atoms with Crippen LogP contribution >= 0.6 is 0 Å². The number of carbonyl (C=O) groups is 1. The van der Waals surface area contributed by atoms with E-state index in [0.717, 1.165) is 24.8 Å². The quantitative estimate of drug-likeness (QED) is 0.450. The third-order valence-corrected chi connectivity index (χ3v) is 6.04. The first kappa shape index (κ1) is 21.6. The maximum absolute atomic E-state index is 11.6. The van der Waals surface area contributed by atoms with Crippen molar-refractivity contribution in [3.05, 3.63) is 100 Å². The van der Waals surface area contributed by atoms with Gasteiger partial charge >= 0.3 is 5.97 Å². The summed E-state index contributed by atoms with van der Waals surface area (Å²) in [7, 11) is 0. The number of benzene rings is 3. The maximum atomic E-state index is 11.6. The molecule has 0 fully saturated rings. The zero-order chi connectivity index (χ0) is 21.7. The Kier molecular flexibility index (Phi) is 6.94. The highest BCUT2D eigenvalue weighted by atomic mass is 16.4. The molecule has 2 N–H and O–H groups in total. The number of phenols is 1. The second-order valence-corrected chi connectivity index (χ2v) is 7.84. The first-order valence-electron chi connectivity index (χ1n) is 10.7. The number of hydrogen-bond acceptors (Lipinski definition) is 2. The molecule has 0 heterocycles.